The molecule has 1 amide bonds. The Hall–Kier alpha value is -2.99. The number of amides is 1. The zero-order valence-electron chi connectivity index (χ0n) is 16.6. The second-order valence-electron chi connectivity index (χ2n) is 7.12. The number of para-hydroxylation sites is 1. The smallest absolute Gasteiger partial charge is 0.310 e. The summed E-state index contributed by atoms with van der Waals surface area (Å²) in [5, 5.41) is 2.86. The van der Waals surface area contributed by atoms with E-state index < -0.39 is 0 Å². The van der Waals surface area contributed by atoms with Gasteiger partial charge in [-0.25, -0.2) is 0 Å². The molecule has 6 heteroatoms. The van der Waals surface area contributed by atoms with Crippen molar-refractivity contribution in [2.45, 2.75) is 19.8 Å². The van der Waals surface area contributed by atoms with Crippen molar-refractivity contribution in [1.82, 2.24) is 4.90 Å². The largest absolute Gasteiger partial charge is 0.466 e. The number of benzene rings is 2. The van der Waals surface area contributed by atoms with Crippen LogP contribution in [0.2, 0.25) is 0 Å². The lowest BCUT2D eigenvalue weighted by atomic mass is 9.98. The normalized spacial score (nSPS) is 16.8. The second-order valence-corrected chi connectivity index (χ2v) is 7.12. The monoisotopic (exact) mass is 394 g/mol. The minimum Gasteiger partial charge on any atom is -0.466 e. The summed E-state index contributed by atoms with van der Waals surface area (Å²) in [7, 11) is 0. The van der Waals surface area contributed by atoms with E-state index in [-0.39, 0.29) is 30.1 Å². The molecule has 0 aliphatic carbocycles. The molecule has 2 aromatic carbocycles. The molecule has 2 aromatic rings. The number of carbonyl (C=O) groups excluding carboxylic acids is 3. The first-order valence-corrected chi connectivity index (χ1v) is 9.96. The fourth-order valence-electron chi connectivity index (χ4n) is 3.58. The Morgan fingerprint density at radius 3 is 2.55 bits per heavy atom. The first-order chi connectivity index (χ1) is 14.1. The third-order valence-electron chi connectivity index (χ3n) is 4.97. The molecule has 152 valence electrons. The summed E-state index contributed by atoms with van der Waals surface area (Å²) in [5.41, 5.74) is 1.52. The van der Waals surface area contributed by atoms with Crippen LogP contribution < -0.4 is 5.32 Å². The van der Waals surface area contributed by atoms with Gasteiger partial charge < -0.3 is 10.1 Å². The van der Waals surface area contributed by atoms with Gasteiger partial charge in [0.15, 0.2) is 5.78 Å². The zero-order chi connectivity index (χ0) is 20.6. The standard InChI is InChI=1S/C23H26N2O4/c1-2-29-23(28)18-11-8-14-25(15-18)16-21(26)24-20-13-7-6-12-19(20)22(27)17-9-4-3-5-10-17/h3-7,9-10,12-13,18H,2,8,11,14-16H2,1H3,(H,24,26)/t18-/m1/s1. The highest BCUT2D eigenvalue weighted by Gasteiger charge is 2.28. The van der Waals surface area contributed by atoms with E-state index in [0.717, 1.165) is 19.4 Å². The quantitative estimate of drug-likeness (QED) is 0.577. The number of likely N-dealkylation sites (tertiary alicyclic amines) is 1. The molecule has 1 fully saturated rings. The minimum absolute atomic E-state index is 0.137. The van der Waals surface area contributed by atoms with Gasteiger partial charge in [-0.15, -0.1) is 0 Å². The number of rotatable bonds is 7. The molecule has 1 heterocycles. The highest BCUT2D eigenvalue weighted by Crippen LogP contribution is 2.21. The topological polar surface area (TPSA) is 75.7 Å². The van der Waals surface area contributed by atoms with Crippen molar-refractivity contribution in [1.29, 1.82) is 0 Å². The number of ether oxygens (including phenoxy) is 1. The van der Waals surface area contributed by atoms with Crippen LogP contribution in [-0.2, 0) is 14.3 Å². The Morgan fingerprint density at radius 1 is 1.07 bits per heavy atom. The molecular formula is C23H26N2O4. The highest BCUT2D eigenvalue weighted by atomic mass is 16.5. The van der Waals surface area contributed by atoms with Gasteiger partial charge in [0.05, 0.1) is 24.8 Å². The Bertz CT molecular complexity index is 866. The fourth-order valence-corrected chi connectivity index (χ4v) is 3.58. The molecular weight excluding hydrogens is 368 g/mol. The molecule has 0 radical (unpaired) electrons. The number of hydrogen-bond acceptors (Lipinski definition) is 5. The third kappa shape index (κ3) is 5.51. The first kappa shape index (κ1) is 20.7. The average Bonchev–Trinajstić information content (AvgIpc) is 2.74. The van der Waals surface area contributed by atoms with Gasteiger partial charge in [0.2, 0.25) is 5.91 Å². The summed E-state index contributed by atoms with van der Waals surface area (Å²) in [5.74, 6) is -0.732. The number of nitrogens with zero attached hydrogens (tertiary/aromatic N) is 1. The lowest BCUT2D eigenvalue weighted by molar-refractivity contribution is -0.150. The molecule has 0 unspecified atom stereocenters. The lowest BCUT2D eigenvalue weighted by Crippen LogP contribution is -2.43. The predicted molar refractivity (Wildman–Crippen MR) is 111 cm³/mol. The van der Waals surface area contributed by atoms with E-state index in [1.165, 1.54) is 0 Å². The van der Waals surface area contributed by atoms with Gasteiger partial charge in [-0.3, -0.25) is 19.3 Å². The molecule has 0 saturated carbocycles. The number of piperidine rings is 1. The van der Waals surface area contributed by atoms with E-state index in [1.54, 1.807) is 43.3 Å². The van der Waals surface area contributed by atoms with Gasteiger partial charge in [-0.2, -0.15) is 0 Å². The molecule has 6 nitrogen and oxygen atoms in total. The van der Waals surface area contributed by atoms with Gasteiger partial charge >= 0.3 is 5.97 Å². The van der Waals surface area contributed by atoms with E-state index in [9.17, 15) is 14.4 Å². The predicted octanol–water partition coefficient (Wildman–Crippen LogP) is 3.13. The van der Waals surface area contributed by atoms with Crippen molar-refractivity contribution in [3.63, 3.8) is 0 Å². The SMILES string of the molecule is CCOC(=O)[C@@H]1CCCN(CC(=O)Nc2ccccc2C(=O)c2ccccc2)C1. The van der Waals surface area contributed by atoms with Gasteiger partial charge in [0, 0.05) is 17.7 Å². The van der Waals surface area contributed by atoms with Crippen LogP contribution in [0.25, 0.3) is 0 Å². The van der Waals surface area contributed by atoms with Gasteiger partial charge in [0.1, 0.15) is 0 Å². The van der Waals surface area contributed by atoms with Gasteiger partial charge in [0.25, 0.3) is 0 Å². The summed E-state index contributed by atoms with van der Waals surface area (Å²) in [4.78, 5) is 39.4. The van der Waals surface area contributed by atoms with E-state index in [0.29, 0.717) is 30.0 Å². The Labute approximate surface area is 170 Å². The molecule has 1 atom stereocenters. The number of nitrogens with one attached hydrogen (secondary N) is 1. The maximum absolute atomic E-state index is 12.8. The number of hydrogen-bond donors (Lipinski definition) is 1. The van der Waals surface area contributed by atoms with Crippen LogP contribution in [0.3, 0.4) is 0 Å². The van der Waals surface area contributed by atoms with E-state index >= 15 is 0 Å². The van der Waals surface area contributed by atoms with Crippen LogP contribution in [0.15, 0.2) is 54.6 Å². The Kier molecular flexibility index (Phi) is 7.14. The summed E-state index contributed by atoms with van der Waals surface area (Å²) in [6, 6.07) is 16.0. The van der Waals surface area contributed by atoms with E-state index in [4.69, 9.17) is 4.74 Å². The minimum atomic E-state index is -0.206. The van der Waals surface area contributed by atoms with Crippen molar-refractivity contribution in [2.24, 2.45) is 5.92 Å². The van der Waals surface area contributed by atoms with Gasteiger partial charge in [-0.05, 0) is 38.4 Å². The van der Waals surface area contributed by atoms with E-state index in [1.807, 2.05) is 23.1 Å². The van der Waals surface area contributed by atoms with Crippen LogP contribution >= 0.6 is 0 Å². The van der Waals surface area contributed by atoms with Crippen molar-refractivity contribution in [3.8, 4) is 0 Å². The molecule has 0 aromatic heterocycles. The van der Waals surface area contributed by atoms with Crippen LogP contribution in [-0.4, -0.2) is 48.8 Å². The molecule has 3 rings (SSSR count). The maximum atomic E-state index is 12.8. The number of carbonyl (C=O) groups is 3. The van der Waals surface area contributed by atoms with Crippen molar-refractivity contribution >= 4 is 23.3 Å². The molecule has 1 aliphatic heterocycles. The molecule has 29 heavy (non-hydrogen) atoms. The average molecular weight is 394 g/mol. The third-order valence-corrected chi connectivity index (χ3v) is 4.97. The zero-order valence-corrected chi connectivity index (χ0v) is 16.6. The van der Waals surface area contributed by atoms with Crippen LogP contribution in [0.4, 0.5) is 5.69 Å². The Morgan fingerprint density at radius 2 is 1.79 bits per heavy atom. The maximum Gasteiger partial charge on any atom is 0.310 e. The van der Waals surface area contributed by atoms with Crippen molar-refractivity contribution in [3.05, 3.63) is 65.7 Å². The number of esters is 1. The molecule has 0 bridgehead atoms. The van der Waals surface area contributed by atoms with Crippen molar-refractivity contribution < 1.29 is 19.1 Å². The van der Waals surface area contributed by atoms with Gasteiger partial charge in [-0.1, -0.05) is 42.5 Å². The highest BCUT2D eigenvalue weighted by molar-refractivity contribution is 6.13. The van der Waals surface area contributed by atoms with Crippen LogP contribution in [0.1, 0.15) is 35.7 Å². The second kappa shape index (κ2) is 9.98. The fraction of sp³-hybridized carbons (Fsp3) is 0.348. The molecule has 1 saturated heterocycles. The first-order valence-electron chi connectivity index (χ1n) is 9.96. The van der Waals surface area contributed by atoms with E-state index in [2.05, 4.69) is 5.32 Å². The number of ketones is 1. The molecule has 1 aliphatic rings. The summed E-state index contributed by atoms with van der Waals surface area (Å²) < 4.78 is 5.11. The summed E-state index contributed by atoms with van der Waals surface area (Å²) >= 11 is 0. The van der Waals surface area contributed by atoms with Crippen LogP contribution in [0, 0.1) is 5.92 Å². The molecule has 1 N–H and O–H groups in total. The van der Waals surface area contributed by atoms with Crippen molar-refractivity contribution in [2.75, 3.05) is 31.6 Å². The Balaban J connectivity index is 1.64. The number of anilines is 1. The molecule has 0 spiro atoms. The summed E-state index contributed by atoms with van der Waals surface area (Å²) in [6.45, 7) is 3.59. The summed E-state index contributed by atoms with van der Waals surface area (Å²) in [6.07, 6.45) is 1.63. The van der Waals surface area contributed by atoms with Crippen LogP contribution in [0.5, 0.6) is 0 Å². The lowest BCUT2D eigenvalue weighted by Gasteiger charge is -2.30.